The van der Waals surface area contributed by atoms with Crippen LogP contribution in [0.4, 0.5) is 11.6 Å². The lowest BCUT2D eigenvalue weighted by Gasteiger charge is -2.30. The number of anilines is 1. The smallest absolute Gasteiger partial charge is 0.338 e. The summed E-state index contributed by atoms with van der Waals surface area (Å²) in [7, 11) is 0. The number of nitro groups is 1. The van der Waals surface area contributed by atoms with Gasteiger partial charge in [-0.1, -0.05) is 19.1 Å². The molecule has 3 N–H and O–H groups in total. The molecule has 1 aromatic carbocycles. The van der Waals surface area contributed by atoms with E-state index in [0.717, 1.165) is 11.4 Å². The third-order valence-electron chi connectivity index (χ3n) is 4.75. The summed E-state index contributed by atoms with van der Waals surface area (Å²) < 4.78 is 7.11. The minimum absolute atomic E-state index is 0.0522. The Morgan fingerprint density at radius 3 is 2.79 bits per heavy atom. The number of ether oxygens (including phenoxy) is 1. The van der Waals surface area contributed by atoms with Gasteiger partial charge in [0.1, 0.15) is 0 Å². The topological polar surface area (TPSA) is 125 Å². The van der Waals surface area contributed by atoms with E-state index in [1.54, 1.807) is 26.0 Å². The van der Waals surface area contributed by atoms with Crippen molar-refractivity contribution < 1.29 is 14.5 Å². The van der Waals surface area contributed by atoms with Crippen molar-refractivity contribution >= 4 is 17.6 Å². The highest BCUT2D eigenvalue weighted by Gasteiger charge is 2.36. The number of nitrogens with one attached hydrogen (secondary N) is 1. The maximum absolute atomic E-state index is 12.8. The van der Waals surface area contributed by atoms with Crippen molar-refractivity contribution in [3.63, 3.8) is 0 Å². The lowest BCUT2D eigenvalue weighted by molar-refractivity contribution is -0.384. The lowest BCUT2D eigenvalue weighted by atomic mass is 9.94. The first-order valence-electron chi connectivity index (χ1n) is 9.12. The van der Waals surface area contributed by atoms with Gasteiger partial charge in [-0.2, -0.15) is 0 Å². The molecule has 3 rings (SSSR count). The minimum atomic E-state index is -0.624. The second kappa shape index (κ2) is 7.81. The third kappa shape index (κ3) is 3.24. The summed E-state index contributed by atoms with van der Waals surface area (Å²) in [5.74, 6) is 0.0729. The van der Waals surface area contributed by atoms with E-state index in [-0.39, 0.29) is 18.8 Å². The van der Waals surface area contributed by atoms with Crippen LogP contribution in [0.25, 0.3) is 0 Å². The summed E-state index contributed by atoms with van der Waals surface area (Å²) >= 11 is 0. The molecule has 1 unspecified atom stereocenters. The number of hydrogen-bond donors (Lipinski definition) is 2. The Morgan fingerprint density at radius 2 is 2.18 bits per heavy atom. The van der Waals surface area contributed by atoms with Crippen molar-refractivity contribution in [3.05, 3.63) is 62.6 Å². The summed E-state index contributed by atoms with van der Waals surface area (Å²) in [6.45, 7) is 5.91. The Kier molecular flexibility index (Phi) is 5.46. The zero-order valence-corrected chi connectivity index (χ0v) is 16.1. The number of carbonyl (C=O) groups is 1. The second-order valence-corrected chi connectivity index (χ2v) is 6.40. The molecule has 0 spiro atoms. The van der Waals surface area contributed by atoms with E-state index < -0.39 is 16.9 Å². The van der Waals surface area contributed by atoms with E-state index in [2.05, 4.69) is 10.3 Å². The van der Waals surface area contributed by atoms with Crippen LogP contribution in [-0.2, 0) is 22.5 Å². The second-order valence-electron chi connectivity index (χ2n) is 6.40. The van der Waals surface area contributed by atoms with E-state index in [0.29, 0.717) is 29.2 Å². The standard InChI is InChI=1S/C19H23N5O4/c1-4-14-15(10-20)23-17(12-7-6-8-13(9-12)24(26)27)16(18(25)28-5-2)11(3)21-19(23)22-14/h6-9,17H,4-5,10,20H2,1-3H3,(H,21,22). The monoisotopic (exact) mass is 385 g/mol. The van der Waals surface area contributed by atoms with Crippen LogP contribution in [-0.4, -0.2) is 27.1 Å². The van der Waals surface area contributed by atoms with Crippen LogP contribution in [0.5, 0.6) is 0 Å². The molecule has 9 heteroatoms. The molecule has 0 aliphatic carbocycles. The highest BCUT2D eigenvalue weighted by atomic mass is 16.6. The molecule has 1 aliphatic rings. The van der Waals surface area contributed by atoms with Crippen molar-refractivity contribution in [3.8, 4) is 0 Å². The summed E-state index contributed by atoms with van der Waals surface area (Å²) in [6, 6.07) is 5.62. The van der Waals surface area contributed by atoms with Crippen LogP contribution in [0.2, 0.25) is 0 Å². The number of allylic oxidation sites excluding steroid dienone is 1. The zero-order valence-electron chi connectivity index (χ0n) is 16.1. The Morgan fingerprint density at radius 1 is 1.43 bits per heavy atom. The number of aromatic nitrogens is 2. The quantitative estimate of drug-likeness (QED) is 0.445. The molecule has 0 saturated carbocycles. The van der Waals surface area contributed by atoms with Crippen LogP contribution >= 0.6 is 0 Å². The summed E-state index contributed by atoms with van der Waals surface area (Å²) in [4.78, 5) is 28.2. The molecule has 0 amide bonds. The predicted octanol–water partition coefficient (Wildman–Crippen LogP) is 2.66. The first kappa shape index (κ1) is 19.6. The number of aryl methyl sites for hydroxylation is 1. The van der Waals surface area contributed by atoms with Gasteiger partial charge in [-0.15, -0.1) is 0 Å². The molecule has 1 atom stereocenters. The Labute approximate surface area is 162 Å². The molecular formula is C19H23N5O4. The number of fused-ring (bicyclic) bond motifs is 1. The largest absolute Gasteiger partial charge is 0.463 e. The SMILES string of the molecule is CCOC(=O)C1=C(C)Nc2nc(CC)c(CN)n2C1c1cccc([N+](=O)[O-])c1. The molecule has 2 aromatic rings. The average Bonchev–Trinajstić information content (AvgIpc) is 3.04. The van der Waals surface area contributed by atoms with Crippen molar-refractivity contribution in [2.24, 2.45) is 5.73 Å². The molecule has 2 heterocycles. The predicted molar refractivity (Wildman–Crippen MR) is 104 cm³/mol. The van der Waals surface area contributed by atoms with Gasteiger partial charge in [-0.05, 0) is 25.8 Å². The van der Waals surface area contributed by atoms with Crippen LogP contribution in [0, 0.1) is 10.1 Å². The highest BCUT2D eigenvalue weighted by Crippen LogP contribution is 2.39. The molecule has 0 saturated heterocycles. The minimum Gasteiger partial charge on any atom is -0.463 e. The van der Waals surface area contributed by atoms with E-state index in [9.17, 15) is 14.9 Å². The molecule has 0 bridgehead atoms. The number of nitrogens with two attached hydrogens (primary N) is 1. The number of nitrogens with zero attached hydrogens (tertiary/aromatic N) is 3. The Bertz CT molecular complexity index is 963. The van der Waals surface area contributed by atoms with Gasteiger partial charge in [-0.3, -0.25) is 10.1 Å². The summed E-state index contributed by atoms with van der Waals surface area (Å²) in [6.07, 6.45) is 0.670. The van der Waals surface area contributed by atoms with Gasteiger partial charge in [0.25, 0.3) is 5.69 Å². The normalized spacial score (nSPS) is 15.8. The lowest BCUT2D eigenvalue weighted by Crippen LogP contribution is -2.30. The number of non-ortho nitro benzene ring substituents is 1. The van der Waals surface area contributed by atoms with E-state index >= 15 is 0 Å². The van der Waals surface area contributed by atoms with Crippen molar-refractivity contribution in [2.75, 3.05) is 11.9 Å². The number of nitro benzene ring substituents is 1. The Hall–Kier alpha value is -3.20. The number of benzene rings is 1. The van der Waals surface area contributed by atoms with Gasteiger partial charge in [0, 0.05) is 24.4 Å². The number of esters is 1. The first-order valence-corrected chi connectivity index (χ1v) is 9.12. The summed E-state index contributed by atoms with van der Waals surface area (Å²) in [5.41, 5.74) is 9.11. The molecule has 1 aromatic heterocycles. The van der Waals surface area contributed by atoms with Gasteiger partial charge in [0.15, 0.2) is 0 Å². The van der Waals surface area contributed by atoms with Gasteiger partial charge in [0.2, 0.25) is 5.95 Å². The average molecular weight is 385 g/mol. The van der Waals surface area contributed by atoms with E-state index in [4.69, 9.17) is 10.5 Å². The highest BCUT2D eigenvalue weighted by molar-refractivity contribution is 5.92. The molecule has 0 fully saturated rings. The van der Waals surface area contributed by atoms with Crippen molar-refractivity contribution in [1.29, 1.82) is 0 Å². The van der Waals surface area contributed by atoms with Gasteiger partial charge in [-0.25, -0.2) is 9.78 Å². The molecule has 0 radical (unpaired) electrons. The maximum atomic E-state index is 12.8. The molecule has 148 valence electrons. The van der Waals surface area contributed by atoms with Crippen LogP contribution < -0.4 is 11.1 Å². The van der Waals surface area contributed by atoms with Crippen LogP contribution in [0.15, 0.2) is 35.5 Å². The van der Waals surface area contributed by atoms with E-state index in [1.807, 2.05) is 11.5 Å². The first-order chi connectivity index (χ1) is 13.4. The number of hydrogen-bond acceptors (Lipinski definition) is 7. The fourth-order valence-electron chi connectivity index (χ4n) is 3.55. The summed E-state index contributed by atoms with van der Waals surface area (Å²) in [5, 5.41) is 14.4. The van der Waals surface area contributed by atoms with Gasteiger partial charge < -0.3 is 20.4 Å². The van der Waals surface area contributed by atoms with Crippen molar-refractivity contribution in [1.82, 2.24) is 9.55 Å². The Balaban J connectivity index is 2.27. The third-order valence-corrected chi connectivity index (χ3v) is 4.75. The maximum Gasteiger partial charge on any atom is 0.338 e. The zero-order chi connectivity index (χ0) is 20.4. The number of rotatable bonds is 6. The van der Waals surface area contributed by atoms with E-state index in [1.165, 1.54) is 12.1 Å². The van der Waals surface area contributed by atoms with Crippen LogP contribution in [0.3, 0.4) is 0 Å². The van der Waals surface area contributed by atoms with Crippen LogP contribution in [0.1, 0.15) is 43.8 Å². The number of carbonyl (C=O) groups excluding carboxylic acids is 1. The fraction of sp³-hybridized carbons (Fsp3) is 0.368. The molecular weight excluding hydrogens is 362 g/mol. The molecule has 1 aliphatic heterocycles. The van der Waals surface area contributed by atoms with Gasteiger partial charge >= 0.3 is 5.97 Å². The number of imidazole rings is 1. The fourth-order valence-corrected chi connectivity index (χ4v) is 3.55. The van der Waals surface area contributed by atoms with Crippen molar-refractivity contribution in [2.45, 2.75) is 39.8 Å². The molecule has 28 heavy (non-hydrogen) atoms. The van der Waals surface area contributed by atoms with Gasteiger partial charge in [0.05, 0.1) is 34.5 Å². The molecule has 9 nitrogen and oxygen atoms in total.